The van der Waals surface area contributed by atoms with Crippen molar-refractivity contribution in [2.75, 3.05) is 33.4 Å². The predicted octanol–water partition coefficient (Wildman–Crippen LogP) is 1.82. The maximum atomic E-state index is 11.4. The number of thiophene rings is 1. The molecule has 1 unspecified atom stereocenters. The average molecular weight is 341 g/mol. The van der Waals surface area contributed by atoms with Crippen LogP contribution in [0.2, 0.25) is 0 Å². The summed E-state index contributed by atoms with van der Waals surface area (Å²) in [6.45, 7) is 2.92. The number of rotatable bonds is 9. The average Bonchev–Trinajstić information content (AvgIpc) is 2.82. The number of hydrogen-bond acceptors (Lipinski definition) is 7. The van der Waals surface area contributed by atoms with E-state index >= 15 is 0 Å². The van der Waals surface area contributed by atoms with Crippen molar-refractivity contribution in [1.82, 2.24) is 0 Å². The summed E-state index contributed by atoms with van der Waals surface area (Å²) >= 11 is 2.62. The number of methoxy groups -OCH3 is 1. The molecule has 116 valence electrons. The summed E-state index contributed by atoms with van der Waals surface area (Å²) in [4.78, 5) is 0. The van der Waals surface area contributed by atoms with Crippen molar-refractivity contribution in [3.63, 3.8) is 0 Å². The maximum absolute atomic E-state index is 11.4. The standard InChI is InChI=1S/C11H19NO5S3/c1-8(17-7-16-5-4-15-2)9-6-10(20(12,13)14)19-11(9)18-3/h6,8H,4-5,7H2,1-3H3,(H2,12,13,14). The third kappa shape index (κ3) is 5.32. The Hall–Kier alpha value is -0.160. The summed E-state index contributed by atoms with van der Waals surface area (Å²) in [5.41, 5.74) is 0.807. The van der Waals surface area contributed by atoms with Gasteiger partial charge in [0.15, 0.2) is 0 Å². The molecule has 0 saturated carbocycles. The molecule has 2 N–H and O–H groups in total. The molecule has 0 saturated heterocycles. The van der Waals surface area contributed by atoms with Crippen molar-refractivity contribution in [3.8, 4) is 0 Å². The van der Waals surface area contributed by atoms with Gasteiger partial charge in [-0.05, 0) is 19.2 Å². The number of hydrogen-bond donors (Lipinski definition) is 1. The molecule has 0 aromatic carbocycles. The second kappa shape index (κ2) is 8.32. The van der Waals surface area contributed by atoms with Gasteiger partial charge in [0.1, 0.15) is 11.0 Å². The van der Waals surface area contributed by atoms with Crippen molar-refractivity contribution in [1.29, 1.82) is 0 Å². The van der Waals surface area contributed by atoms with Crippen LogP contribution in [-0.4, -0.2) is 41.8 Å². The zero-order valence-electron chi connectivity index (χ0n) is 11.6. The molecule has 0 radical (unpaired) electrons. The van der Waals surface area contributed by atoms with Gasteiger partial charge in [0.25, 0.3) is 0 Å². The first kappa shape index (κ1) is 17.9. The van der Waals surface area contributed by atoms with Gasteiger partial charge < -0.3 is 14.2 Å². The number of thioether (sulfide) groups is 1. The normalized spacial score (nSPS) is 13.6. The van der Waals surface area contributed by atoms with Gasteiger partial charge >= 0.3 is 0 Å². The molecule has 0 bridgehead atoms. The molecular formula is C11H19NO5S3. The number of nitrogens with two attached hydrogens (primary N) is 1. The van der Waals surface area contributed by atoms with Gasteiger partial charge in [-0.1, -0.05) is 0 Å². The fraction of sp³-hybridized carbons (Fsp3) is 0.636. The van der Waals surface area contributed by atoms with E-state index in [1.807, 2.05) is 13.2 Å². The molecule has 0 aliphatic rings. The Labute approximate surface area is 127 Å². The lowest BCUT2D eigenvalue weighted by Crippen LogP contribution is -2.10. The number of sulfonamides is 1. The Morgan fingerprint density at radius 3 is 2.70 bits per heavy atom. The Balaban J connectivity index is 2.67. The van der Waals surface area contributed by atoms with Gasteiger partial charge in [-0.3, -0.25) is 0 Å². The van der Waals surface area contributed by atoms with E-state index in [9.17, 15) is 8.42 Å². The monoisotopic (exact) mass is 341 g/mol. The second-order valence-corrected chi connectivity index (χ2v) is 7.80. The van der Waals surface area contributed by atoms with Gasteiger partial charge in [0, 0.05) is 12.7 Å². The van der Waals surface area contributed by atoms with Crippen LogP contribution in [0.3, 0.4) is 0 Å². The van der Waals surface area contributed by atoms with Crippen LogP contribution >= 0.6 is 23.1 Å². The molecule has 20 heavy (non-hydrogen) atoms. The van der Waals surface area contributed by atoms with Crippen LogP contribution in [0.25, 0.3) is 0 Å². The Kier molecular flexibility index (Phi) is 7.45. The third-order valence-electron chi connectivity index (χ3n) is 2.44. The minimum absolute atomic E-state index is 0.124. The van der Waals surface area contributed by atoms with E-state index in [2.05, 4.69) is 0 Å². The van der Waals surface area contributed by atoms with Crippen molar-refractivity contribution >= 4 is 33.1 Å². The predicted molar refractivity (Wildman–Crippen MR) is 79.7 cm³/mol. The molecule has 0 spiro atoms. The summed E-state index contributed by atoms with van der Waals surface area (Å²) in [6, 6.07) is 1.56. The first-order valence-electron chi connectivity index (χ1n) is 5.79. The molecule has 0 aliphatic heterocycles. The molecule has 1 aromatic rings. The summed E-state index contributed by atoms with van der Waals surface area (Å²) in [5.74, 6) is 0. The molecule has 1 rings (SSSR count). The lowest BCUT2D eigenvalue weighted by atomic mass is 10.2. The van der Waals surface area contributed by atoms with Crippen molar-refractivity contribution < 1.29 is 22.6 Å². The summed E-state index contributed by atoms with van der Waals surface area (Å²) in [5, 5.41) is 5.14. The Morgan fingerprint density at radius 1 is 1.45 bits per heavy atom. The number of primary sulfonamides is 1. The third-order valence-corrected chi connectivity index (χ3v) is 6.16. The van der Waals surface area contributed by atoms with E-state index in [0.717, 1.165) is 21.1 Å². The van der Waals surface area contributed by atoms with Gasteiger partial charge in [-0.25, -0.2) is 13.6 Å². The van der Waals surface area contributed by atoms with Crippen LogP contribution in [0.1, 0.15) is 18.6 Å². The molecule has 9 heteroatoms. The highest BCUT2D eigenvalue weighted by Gasteiger charge is 2.20. The van der Waals surface area contributed by atoms with Crippen molar-refractivity contribution in [2.24, 2.45) is 5.14 Å². The van der Waals surface area contributed by atoms with Crippen LogP contribution in [0.15, 0.2) is 14.5 Å². The minimum Gasteiger partial charge on any atom is -0.382 e. The quantitative estimate of drug-likeness (QED) is 0.419. The zero-order chi connectivity index (χ0) is 15.2. The van der Waals surface area contributed by atoms with Gasteiger partial charge in [0.05, 0.1) is 23.5 Å². The number of ether oxygens (including phenoxy) is 3. The van der Waals surface area contributed by atoms with Crippen LogP contribution in [-0.2, 0) is 24.2 Å². The highest BCUT2D eigenvalue weighted by molar-refractivity contribution is 8.01. The molecule has 0 fully saturated rings. The maximum Gasteiger partial charge on any atom is 0.247 e. The Bertz CT molecular complexity index is 514. The van der Waals surface area contributed by atoms with E-state index in [1.54, 1.807) is 13.2 Å². The lowest BCUT2D eigenvalue weighted by Gasteiger charge is -2.13. The molecule has 0 amide bonds. The fourth-order valence-electron chi connectivity index (χ4n) is 1.39. The Morgan fingerprint density at radius 2 is 2.15 bits per heavy atom. The van der Waals surface area contributed by atoms with Gasteiger partial charge in [0.2, 0.25) is 10.0 Å². The first-order valence-corrected chi connectivity index (χ1v) is 9.37. The smallest absolute Gasteiger partial charge is 0.247 e. The minimum atomic E-state index is -3.68. The van der Waals surface area contributed by atoms with E-state index in [-0.39, 0.29) is 17.1 Å². The van der Waals surface area contributed by atoms with Gasteiger partial charge in [-0.15, -0.1) is 23.1 Å². The molecule has 1 atom stereocenters. The van der Waals surface area contributed by atoms with E-state index < -0.39 is 10.0 Å². The van der Waals surface area contributed by atoms with E-state index in [1.165, 1.54) is 11.8 Å². The van der Waals surface area contributed by atoms with Crippen LogP contribution in [0.5, 0.6) is 0 Å². The molecular weight excluding hydrogens is 322 g/mol. The summed E-state index contributed by atoms with van der Waals surface area (Å²) in [7, 11) is -2.08. The summed E-state index contributed by atoms with van der Waals surface area (Å²) in [6.07, 6.45) is 1.61. The van der Waals surface area contributed by atoms with E-state index in [4.69, 9.17) is 19.3 Å². The van der Waals surface area contributed by atoms with Gasteiger partial charge in [-0.2, -0.15) is 0 Å². The molecule has 1 aromatic heterocycles. The molecule has 6 nitrogen and oxygen atoms in total. The van der Waals surface area contributed by atoms with Crippen molar-refractivity contribution in [3.05, 3.63) is 11.6 Å². The lowest BCUT2D eigenvalue weighted by molar-refractivity contribution is -0.0943. The second-order valence-electron chi connectivity index (χ2n) is 3.89. The molecule has 0 aliphatic carbocycles. The van der Waals surface area contributed by atoms with Crippen LogP contribution in [0, 0.1) is 0 Å². The fourth-order valence-corrected chi connectivity index (χ4v) is 4.33. The summed E-state index contributed by atoms with van der Waals surface area (Å²) < 4.78 is 39.3. The highest BCUT2D eigenvalue weighted by Crippen LogP contribution is 2.37. The van der Waals surface area contributed by atoms with Crippen LogP contribution < -0.4 is 5.14 Å². The zero-order valence-corrected chi connectivity index (χ0v) is 14.1. The molecule has 1 heterocycles. The van der Waals surface area contributed by atoms with E-state index in [0.29, 0.717) is 13.2 Å². The van der Waals surface area contributed by atoms with Crippen LogP contribution in [0.4, 0.5) is 0 Å². The largest absolute Gasteiger partial charge is 0.382 e. The SMILES string of the molecule is COCCOCOC(C)c1cc(S(N)(=O)=O)sc1SC. The highest BCUT2D eigenvalue weighted by atomic mass is 32.3. The van der Waals surface area contributed by atoms with Crippen molar-refractivity contribution in [2.45, 2.75) is 21.4 Å². The topological polar surface area (TPSA) is 87.8 Å². The first-order chi connectivity index (χ1) is 9.40.